The zero-order chi connectivity index (χ0) is 11.8. The fourth-order valence-electron chi connectivity index (χ4n) is 1.71. The van der Waals surface area contributed by atoms with Gasteiger partial charge in [0, 0.05) is 20.4 Å². The van der Waals surface area contributed by atoms with Gasteiger partial charge in [-0.1, -0.05) is 45.4 Å². The summed E-state index contributed by atoms with van der Waals surface area (Å²) in [5.74, 6) is 1.11. The first-order valence-electron chi connectivity index (χ1n) is 4.54. The van der Waals surface area contributed by atoms with Crippen LogP contribution < -0.4 is 0 Å². The zero-order valence-electron chi connectivity index (χ0n) is 8.92. The average molecular weight is 382 g/mol. The van der Waals surface area contributed by atoms with Crippen molar-refractivity contribution in [2.45, 2.75) is 45.4 Å². The summed E-state index contributed by atoms with van der Waals surface area (Å²) in [5, 5.41) is 0. The van der Waals surface area contributed by atoms with E-state index in [1.54, 1.807) is 0 Å². The van der Waals surface area contributed by atoms with Crippen molar-refractivity contribution in [1.29, 1.82) is 0 Å². The first kappa shape index (κ1) is 24.2. The van der Waals surface area contributed by atoms with Crippen LogP contribution in [0.1, 0.15) is 45.4 Å². The van der Waals surface area contributed by atoms with E-state index in [2.05, 4.69) is 26.9 Å². The molecule has 1 aliphatic rings. The number of rotatable bonds is 2. The van der Waals surface area contributed by atoms with Crippen LogP contribution in [0, 0.1) is 25.9 Å². The summed E-state index contributed by atoms with van der Waals surface area (Å²) in [5.41, 5.74) is 0. The van der Waals surface area contributed by atoms with Gasteiger partial charge in [-0.15, -0.1) is 0 Å². The Hall–Kier alpha value is -0.118. The molecule has 0 amide bonds. The van der Waals surface area contributed by atoms with Gasteiger partial charge in [-0.25, -0.2) is 0 Å². The van der Waals surface area contributed by atoms with Crippen molar-refractivity contribution in [2.24, 2.45) is 5.92 Å². The Labute approximate surface area is 106 Å². The Bertz CT molecular complexity index is 131. The van der Waals surface area contributed by atoms with Crippen LogP contribution >= 0.6 is 0 Å². The molecule has 0 N–H and O–H groups in total. The number of hydrogen-bond acceptors (Lipinski definition) is 0. The standard InChI is InChI=1S/C8H16.3CO.Re/c1-2-5-8-6-3-4-7-8;3*1-2;/h8H,2-7H2,1H3;;;;. The van der Waals surface area contributed by atoms with Crippen molar-refractivity contribution < 1.29 is 34.4 Å². The van der Waals surface area contributed by atoms with Gasteiger partial charge < -0.3 is 0 Å². The third kappa shape index (κ3) is 20.1. The van der Waals surface area contributed by atoms with Crippen LogP contribution in [-0.4, -0.2) is 0 Å². The van der Waals surface area contributed by atoms with E-state index >= 15 is 0 Å². The fraction of sp³-hybridized carbons (Fsp3) is 0.727. The molecule has 0 heterocycles. The molecule has 0 aromatic heterocycles. The second-order valence-electron chi connectivity index (χ2n) is 2.94. The third-order valence-corrected chi connectivity index (χ3v) is 2.17. The predicted molar refractivity (Wildman–Crippen MR) is 48.7 cm³/mol. The van der Waals surface area contributed by atoms with Gasteiger partial charge in [0.05, 0.1) is 0 Å². The van der Waals surface area contributed by atoms with Gasteiger partial charge in [-0.2, -0.15) is 0 Å². The maximum Gasteiger partial charge on any atom is 0 e. The number of hydrogen-bond donors (Lipinski definition) is 0. The Morgan fingerprint density at radius 3 is 1.53 bits per heavy atom. The molecule has 0 atom stereocenters. The molecule has 1 fully saturated rings. The van der Waals surface area contributed by atoms with Crippen molar-refractivity contribution in [3.8, 4) is 0 Å². The summed E-state index contributed by atoms with van der Waals surface area (Å²) in [6.45, 7) is 15.8. The molecule has 0 saturated heterocycles. The first-order chi connectivity index (χ1) is 6.93. The van der Waals surface area contributed by atoms with Gasteiger partial charge in [0.2, 0.25) is 0 Å². The van der Waals surface area contributed by atoms with Crippen molar-refractivity contribution >= 4 is 0 Å². The molecule has 0 bridgehead atoms. The maximum absolute atomic E-state index is 7.50. The normalized spacial score (nSPS) is 12.2. The monoisotopic (exact) mass is 383 g/mol. The van der Waals surface area contributed by atoms with E-state index in [0.717, 1.165) is 5.92 Å². The van der Waals surface area contributed by atoms with Crippen LogP contribution in [-0.2, 0) is 34.4 Å². The third-order valence-electron chi connectivity index (χ3n) is 2.17. The molecule has 0 aromatic rings. The Balaban J connectivity index is -0.0000000755. The average Bonchev–Trinajstić information content (AvgIpc) is 2.80. The predicted octanol–water partition coefficient (Wildman–Crippen LogP) is 2.86. The molecule has 1 aliphatic carbocycles. The molecule has 15 heavy (non-hydrogen) atoms. The molecule has 0 aliphatic heterocycles. The first-order valence-corrected chi connectivity index (χ1v) is 4.54. The molecule has 1 radical (unpaired) electrons. The Morgan fingerprint density at radius 1 is 0.933 bits per heavy atom. The van der Waals surface area contributed by atoms with E-state index in [0.29, 0.717) is 0 Å². The largest absolute Gasteiger partial charge is 0 e. The van der Waals surface area contributed by atoms with Crippen LogP contribution in [0.15, 0.2) is 0 Å². The van der Waals surface area contributed by atoms with E-state index in [-0.39, 0.29) is 20.4 Å². The van der Waals surface area contributed by atoms with Crippen LogP contribution in [0.5, 0.6) is 0 Å². The van der Waals surface area contributed by atoms with Crippen molar-refractivity contribution in [3.63, 3.8) is 0 Å². The quantitative estimate of drug-likeness (QED) is 0.521. The molecular weight excluding hydrogens is 366 g/mol. The SMILES string of the molecule is CCCC1CCCC1.[C-]#[O+].[C-]#[O+].[C-]#[O+].[Re]. The van der Waals surface area contributed by atoms with Crippen molar-refractivity contribution in [2.75, 3.05) is 0 Å². The molecule has 0 unspecified atom stereocenters. The van der Waals surface area contributed by atoms with Gasteiger partial charge in [-0.05, 0) is 5.92 Å². The molecule has 0 spiro atoms. The summed E-state index contributed by atoms with van der Waals surface area (Å²) in [4.78, 5) is 0. The smallest absolute Gasteiger partial charge is 0 e. The molecular formula is C11H16O3Re. The molecule has 4 heteroatoms. The Morgan fingerprint density at radius 2 is 1.27 bits per heavy atom. The summed E-state index contributed by atoms with van der Waals surface area (Å²) in [7, 11) is 0. The fourth-order valence-corrected chi connectivity index (χ4v) is 1.71. The minimum atomic E-state index is 0. The second-order valence-corrected chi connectivity index (χ2v) is 2.94. The van der Waals surface area contributed by atoms with Gasteiger partial charge in [0.1, 0.15) is 0 Å². The van der Waals surface area contributed by atoms with E-state index in [1.807, 2.05) is 0 Å². The summed E-state index contributed by atoms with van der Waals surface area (Å²) in [6, 6.07) is 0. The molecule has 85 valence electrons. The van der Waals surface area contributed by atoms with Gasteiger partial charge in [0.15, 0.2) is 0 Å². The minimum Gasteiger partial charge on any atom is 0 e. The van der Waals surface area contributed by atoms with E-state index in [9.17, 15) is 0 Å². The second kappa shape index (κ2) is 29.2. The molecule has 0 aromatic carbocycles. The molecule has 1 rings (SSSR count). The summed E-state index contributed by atoms with van der Waals surface area (Å²) in [6.07, 6.45) is 8.93. The molecule has 3 nitrogen and oxygen atoms in total. The Kier molecular flexibility index (Phi) is 47.1. The van der Waals surface area contributed by atoms with Gasteiger partial charge in [-0.3, -0.25) is 0 Å². The van der Waals surface area contributed by atoms with E-state index in [1.165, 1.54) is 38.5 Å². The van der Waals surface area contributed by atoms with Crippen LogP contribution in [0.2, 0.25) is 0 Å². The maximum atomic E-state index is 7.50. The molecule has 1 saturated carbocycles. The summed E-state index contributed by atoms with van der Waals surface area (Å²) < 4.78 is 22.5. The topological polar surface area (TPSA) is 59.7 Å². The van der Waals surface area contributed by atoms with E-state index < -0.39 is 0 Å². The van der Waals surface area contributed by atoms with Gasteiger partial charge in [0.25, 0.3) is 0 Å². The van der Waals surface area contributed by atoms with Crippen molar-refractivity contribution in [3.05, 3.63) is 20.0 Å². The minimum absolute atomic E-state index is 0. The van der Waals surface area contributed by atoms with Gasteiger partial charge >= 0.3 is 33.9 Å². The van der Waals surface area contributed by atoms with Crippen LogP contribution in [0.4, 0.5) is 0 Å². The summed E-state index contributed by atoms with van der Waals surface area (Å²) >= 11 is 0. The van der Waals surface area contributed by atoms with E-state index in [4.69, 9.17) is 14.0 Å². The van der Waals surface area contributed by atoms with Crippen LogP contribution in [0.3, 0.4) is 0 Å². The van der Waals surface area contributed by atoms with Crippen molar-refractivity contribution in [1.82, 2.24) is 0 Å². The zero-order valence-corrected chi connectivity index (χ0v) is 11.6. The van der Waals surface area contributed by atoms with Crippen LogP contribution in [0.25, 0.3) is 0 Å².